The highest BCUT2D eigenvalue weighted by Gasteiger charge is 2.42. The van der Waals surface area contributed by atoms with Gasteiger partial charge in [-0.05, 0) is 29.7 Å². The number of fused-ring (bicyclic) bond motifs is 2. The minimum atomic E-state index is -0.328. The lowest BCUT2D eigenvalue weighted by Crippen LogP contribution is -2.45. The van der Waals surface area contributed by atoms with Crippen molar-refractivity contribution in [1.29, 1.82) is 0 Å². The van der Waals surface area contributed by atoms with E-state index in [1.165, 1.54) is 11.3 Å². The van der Waals surface area contributed by atoms with E-state index < -0.39 is 0 Å². The predicted molar refractivity (Wildman–Crippen MR) is 103 cm³/mol. The quantitative estimate of drug-likeness (QED) is 0.702. The summed E-state index contributed by atoms with van der Waals surface area (Å²) in [7, 11) is 0. The molecular formula is C19H16ClN3O3S. The lowest BCUT2D eigenvalue weighted by atomic mass is 10.1. The zero-order valence-corrected chi connectivity index (χ0v) is 15.8. The van der Waals surface area contributed by atoms with Gasteiger partial charge in [0.05, 0.1) is 23.0 Å². The van der Waals surface area contributed by atoms with E-state index in [0.717, 1.165) is 21.3 Å². The highest BCUT2D eigenvalue weighted by molar-refractivity contribution is 7.22. The van der Waals surface area contributed by atoms with E-state index in [4.69, 9.17) is 16.3 Å². The van der Waals surface area contributed by atoms with E-state index in [1.54, 1.807) is 11.0 Å². The molecule has 1 saturated heterocycles. The minimum Gasteiger partial charge on any atom is -0.448 e. The number of carbonyl (C=O) groups is 2. The Balaban J connectivity index is 1.43. The lowest BCUT2D eigenvalue weighted by molar-refractivity contribution is 0.0902. The van der Waals surface area contributed by atoms with Gasteiger partial charge in [-0.2, -0.15) is 0 Å². The molecule has 3 heterocycles. The van der Waals surface area contributed by atoms with Crippen LogP contribution in [0.4, 0.5) is 4.79 Å². The van der Waals surface area contributed by atoms with Gasteiger partial charge in [-0.1, -0.05) is 35.9 Å². The molecule has 0 spiro atoms. The molecule has 6 nitrogen and oxygen atoms in total. The number of aromatic nitrogens is 1. The summed E-state index contributed by atoms with van der Waals surface area (Å²) in [5, 5.41) is 4.03. The van der Waals surface area contributed by atoms with Gasteiger partial charge in [-0.15, -0.1) is 11.3 Å². The zero-order valence-electron chi connectivity index (χ0n) is 14.2. The number of ether oxygens (including phenoxy) is 1. The molecule has 0 bridgehead atoms. The van der Waals surface area contributed by atoms with Crippen molar-refractivity contribution in [2.24, 2.45) is 0 Å². The molecule has 1 aliphatic heterocycles. The number of rotatable bonds is 3. The lowest BCUT2D eigenvalue weighted by Gasteiger charge is -2.28. The molecule has 1 aliphatic carbocycles. The molecule has 2 amide bonds. The number of benzene rings is 1. The third-order valence-electron chi connectivity index (χ3n) is 5.16. The second-order valence-corrected chi connectivity index (χ2v) is 8.44. The van der Waals surface area contributed by atoms with Crippen molar-refractivity contribution >= 4 is 45.2 Å². The Morgan fingerprint density at radius 1 is 1.33 bits per heavy atom. The molecule has 1 fully saturated rings. The highest BCUT2D eigenvalue weighted by Crippen LogP contribution is 2.37. The maximum absolute atomic E-state index is 12.8. The van der Waals surface area contributed by atoms with E-state index >= 15 is 0 Å². The van der Waals surface area contributed by atoms with Crippen molar-refractivity contribution in [2.45, 2.75) is 18.5 Å². The first-order valence-corrected chi connectivity index (χ1v) is 9.90. The third kappa shape index (κ3) is 2.78. The number of carbonyl (C=O) groups excluding carboxylic acids is 2. The van der Waals surface area contributed by atoms with Crippen molar-refractivity contribution in [3.8, 4) is 0 Å². The van der Waals surface area contributed by atoms with Crippen LogP contribution in [-0.2, 0) is 11.2 Å². The number of halogens is 1. The number of nitrogens with one attached hydrogen (secondary N) is 2. The molecule has 2 atom stereocenters. The normalized spacial score (nSPS) is 21.5. The number of H-pyrrole nitrogens is 1. The molecular weight excluding hydrogens is 386 g/mol. The molecule has 3 aromatic rings. The Morgan fingerprint density at radius 3 is 2.96 bits per heavy atom. The summed E-state index contributed by atoms with van der Waals surface area (Å²) in [6.45, 7) is 0.909. The van der Waals surface area contributed by atoms with Crippen molar-refractivity contribution in [3.63, 3.8) is 0 Å². The summed E-state index contributed by atoms with van der Waals surface area (Å²) in [6.07, 6.45) is 0.350. The second kappa shape index (κ2) is 6.28. The standard InChI is InChI=1S/C19H16ClN3O3S/c20-15-9-11-8-14(22-18(11)27-15)17(24)21-13-7-10-3-1-2-4-12(10)16(13)23-5-6-26-19(23)25/h1-4,8-9,13,16,22H,5-7H2,(H,21,24)/t13?,16-/m1/s1. The fourth-order valence-electron chi connectivity index (χ4n) is 4.01. The first-order chi connectivity index (χ1) is 13.1. The van der Waals surface area contributed by atoms with Crippen LogP contribution in [0.1, 0.15) is 27.7 Å². The topological polar surface area (TPSA) is 74.4 Å². The van der Waals surface area contributed by atoms with Crippen molar-refractivity contribution in [2.75, 3.05) is 13.2 Å². The van der Waals surface area contributed by atoms with Gasteiger partial charge in [0.2, 0.25) is 0 Å². The molecule has 1 aromatic carbocycles. The number of nitrogens with zero attached hydrogens (tertiary/aromatic N) is 1. The van der Waals surface area contributed by atoms with Gasteiger partial charge in [0, 0.05) is 5.39 Å². The predicted octanol–water partition coefficient (Wildman–Crippen LogP) is 3.73. The maximum atomic E-state index is 12.8. The molecule has 27 heavy (non-hydrogen) atoms. The van der Waals surface area contributed by atoms with Crippen LogP contribution < -0.4 is 5.32 Å². The molecule has 0 saturated carbocycles. The number of thiophene rings is 1. The van der Waals surface area contributed by atoms with Crippen molar-refractivity contribution < 1.29 is 14.3 Å². The zero-order chi connectivity index (χ0) is 18.5. The first-order valence-electron chi connectivity index (χ1n) is 8.70. The smallest absolute Gasteiger partial charge is 0.410 e. The Morgan fingerprint density at radius 2 is 2.19 bits per heavy atom. The average molecular weight is 402 g/mol. The number of amides is 2. The number of cyclic esters (lactones) is 1. The second-order valence-electron chi connectivity index (χ2n) is 6.75. The number of hydrogen-bond acceptors (Lipinski definition) is 4. The average Bonchev–Trinajstić information content (AvgIpc) is 3.37. The van der Waals surface area contributed by atoms with Gasteiger partial charge in [0.25, 0.3) is 5.91 Å². The summed E-state index contributed by atoms with van der Waals surface area (Å²) in [6, 6.07) is 11.2. The summed E-state index contributed by atoms with van der Waals surface area (Å²) in [5.41, 5.74) is 2.71. The van der Waals surface area contributed by atoms with Crippen LogP contribution in [0.15, 0.2) is 36.4 Å². The number of aromatic amines is 1. The van der Waals surface area contributed by atoms with Gasteiger partial charge in [0.15, 0.2) is 0 Å². The van der Waals surface area contributed by atoms with Gasteiger partial charge < -0.3 is 15.0 Å². The Labute approximate surface area is 164 Å². The third-order valence-corrected chi connectivity index (χ3v) is 6.36. The fourth-order valence-corrected chi connectivity index (χ4v) is 5.13. The van der Waals surface area contributed by atoms with Crippen LogP contribution in [-0.4, -0.2) is 41.1 Å². The van der Waals surface area contributed by atoms with E-state index in [0.29, 0.717) is 29.6 Å². The highest BCUT2D eigenvalue weighted by atomic mass is 35.5. The monoisotopic (exact) mass is 401 g/mol. The minimum absolute atomic E-state index is 0.190. The van der Waals surface area contributed by atoms with Crippen molar-refractivity contribution in [1.82, 2.24) is 15.2 Å². The SMILES string of the molecule is O=C(NC1Cc2ccccc2[C@H]1N1CCOC1=O)c1cc2cc(Cl)sc2[nH]1. The molecule has 2 aliphatic rings. The Kier molecular flexibility index (Phi) is 3.87. The van der Waals surface area contributed by atoms with Crippen LogP contribution >= 0.6 is 22.9 Å². The molecule has 2 N–H and O–H groups in total. The fraction of sp³-hybridized carbons (Fsp3) is 0.263. The molecule has 5 rings (SSSR count). The largest absolute Gasteiger partial charge is 0.448 e. The first kappa shape index (κ1) is 16.6. The molecule has 2 aromatic heterocycles. The molecule has 1 unspecified atom stereocenters. The van der Waals surface area contributed by atoms with Crippen molar-refractivity contribution in [3.05, 3.63) is 57.6 Å². The summed E-state index contributed by atoms with van der Waals surface area (Å²) >= 11 is 7.40. The Hall–Kier alpha value is -2.51. The molecule has 0 radical (unpaired) electrons. The van der Waals surface area contributed by atoms with Crippen LogP contribution in [0.3, 0.4) is 0 Å². The number of hydrogen-bond donors (Lipinski definition) is 2. The van der Waals surface area contributed by atoms with Gasteiger partial charge in [0.1, 0.15) is 17.1 Å². The van der Waals surface area contributed by atoms with E-state index in [9.17, 15) is 9.59 Å². The molecule has 8 heteroatoms. The summed E-state index contributed by atoms with van der Waals surface area (Å²) in [5.74, 6) is -0.190. The van der Waals surface area contributed by atoms with E-state index in [-0.39, 0.29) is 24.1 Å². The van der Waals surface area contributed by atoms with Gasteiger partial charge in [-0.25, -0.2) is 4.79 Å². The maximum Gasteiger partial charge on any atom is 0.410 e. The van der Waals surface area contributed by atoms with Crippen LogP contribution in [0.25, 0.3) is 10.2 Å². The van der Waals surface area contributed by atoms with Crippen LogP contribution in [0.5, 0.6) is 0 Å². The summed E-state index contributed by atoms with van der Waals surface area (Å²) in [4.78, 5) is 30.7. The van der Waals surface area contributed by atoms with Crippen LogP contribution in [0.2, 0.25) is 4.34 Å². The van der Waals surface area contributed by atoms with Crippen LogP contribution in [0, 0.1) is 0 Å². The Bertz CT molecular complexity index is 1030. The van der Waals surface area contributed by atoms with E-state index in [2.05, 4.69) is 10.3 Å². The van der Waals surface area contributed by atoms with E-state index in [1.807, 2.05) is 30.3 Å². The summed E-state index contributed by atoms with van der Waals surface area (Å²) < 4.78 is 5.81. The van der Waals surface area contributed by atoms with Gasteiger partial charge in [-0.3, -0.25) is 9.69 Å². The molecule has 138 valence electrons. The van der Waals surface area contributed by atoms with Gasteiger partial charge >= 0.3 is 6.09 Å².